The van der Waals surface area contributed by atoms with E-state index in [-0.39, 0.29) is 38.3 Å². The highest BCUT2D eigenvalue weighted by Gasteiger charge is 2.47. The Bertz CT molecular complexity index is 1620. The van der Waals surface area contributed by atoms with Crippen molar-refractivity contribution >= 4 is 23.4 Å². The van der Waals surface area contributed by atoms with Gasteiger partial charge in [-0.3, -0.25) is 9.59 Å². The summed E-state index contributed by atoms with van der Waals surface area (Å²) >= 11 is 6.05. The van der Waals surface area contributed by atoms with Gasteiger partial charge < -0.3 is 34.8 Å². The molecule has 2 amide bonds. The minimum absolute atomic E-state index is 0.0606. The summed E-state index contributed by atoms with van der Waals surface area (Å²) in [6, 6.07) is 21.1. The first-order valence-corrected chi connectivity index (χ1v) is 17.3. The van der Waals surface area contributed by atoms with Crippen LogP contribution in [0.15, 0.2) is 72.8 Å². The smallest absolute Gasteiger partial charge is 0.392 e. The first-order valence-electron chi connectivity index (χ1n) is 16.9. The molecule has 4 unspecified atom stereocenters. The van der Waals surface area contributed by atoms with Crippen molar-refractivity contribution in [3.63, 3.8) is 0 Å². The van der Waals surface area contributed by atoms with E-state index in [4.69, 9.17) is 21.1 Å². The molecule has 3 N–H and O–H groups in total. The quantitative estimate of drug-likeness (QED) is 0.267. The number of aliphatic hydroxyl groups is 2. The molecule has 0 aliphatic carbocycles. The number of ether oxygens (including phenoxy) is 2. The molecule has 4 atom stereocenters. The minimum atomic E-state index is -5.03. The van der Waals surface area contributed by atoms with Crippen molar-refractivity contribution < 1.29 is 42.4 Å². The van der Waals surface area contributed by atoms with E-state index >= 15 is 0 Å². The highest BCUT2D eigenvalue weighted by atomic mass is 35.5. The molecule has 0 saturated carbocycles. The van der Waals surface area contributed by atoms with E-state index in [1.165, 1.54) is 0 Å². The van der Waals surface area contributed by atoms with Gasteiger partial charge >= 0.3 is 12.1 Å². The van der Waals surface area contributed by atoms with Crippen molar-refractivity contribution in [1.82, 2.24) is 15.1 Å². The Kier molecular flexibility index (Phi) is 11.2. The van der Waals surface area contributed by atoms with Crippen LogP contribution in [0, 0.1) is 0 Å². The van der Waals surface area contributed by atoms with Crippen molar-refractivity contribution in [2.45, 2.75) is 81.6 Å². The zero-order valence-electron chi connectivity index (χ0n) is 27.4. The van der Waals surface area contributed by atoms with E-state index in [1.807, 2.05) is 48.5 Å². The molecule has 3 aromatic carbocycles. The Hall–Kier alpha value is -3.52. The molecule has 13 heteroatoms. The van der Waals surface area contributed by atoms with Crippen molar-refractivity contribution in [1.29, 1.82) is 0 Å². The van der Waals surface area contributed by atoms with Crippen LogP contribution >= 0.6 is 11.6 Å². The number of rotatable bonds is 9. The summed E-state index contributed by atoms with van der Waals surface area (Å²) in [6.07, 6.45) is -3.95. The third-order valence-electron chi connectivity index (χ3n) is 9.92. The molecular weight excluding hydrogens is 675 g/mol. The molecule has 0 spiro atoms. The fraction of sp³-hybridized carbons (Fsp3) is 0.459. The van der Waals surface area contributed by atoms with Crippen LogP contribution in [0.25, 0.3) is 0 Å². The minimum Gasteiger partial charge on any atom is -0.392 e. The van der Waals surface area contributed by atoms with Gasteiger partial charge in [-0.1, -0.05) is 72.3 Å². The molecule has 3 fully saturated rings. The molecule has 50 heavy (non-hydrogen) atoms. The summed E-state index contributed by atoms with van der Waals surface area (Å²) < 4.78 is 52.0. The van der Waals surface area contributed by atoms with Gasteiger partial charge in [0.15, 0.2) is 6.29 Å². The maximum absolute atomic E-state index is 13.0. The number of likely N-dealkylation sites (tertiary alicyclic amines) is 2. The molecular formula is C37H41ClF3N3O6. The van der Waals surface area contributed by atoms with E-state index in [0.717, 1.165) is 27.8 Å². The third kappa shape index (κ3) is 8.50. The number of halogens is 4. The number of nitrogens with zero attached hydrogens (tertiary/aromatic N) is 2. The van der Waals surface area contributed by atoms with E-state index in [0.29, 0.717) is 55.2 Å². The molecule has 3 aliphatic heterocycles. The summed E-state index contributed by atoms with van der Waals surface area (Å²) in [4.78, 5) is 27.4. The molecule has 3 aliphatic rings. The Balaban J connectivity index is 1.10. The molecule has 268 valence electrons. The third-order valence-corrected chi connectivity index (χ3v) is 10.2. The average Bonchev–Trinajstić information content (AvgIpc) is 3.61. The van der Waals surface area contributed by atoms with Gasteiger partial charge in [-0.05, 0) is 60.1 Å². The predicted molar refractivity (Wildman–Crippen MR) is 179 cm³/mol. The monoisotopic (exact) mass is 715 g/mol. The van der Waals surface area contributed by atoms with Crippen LogP contribution in [0.3, 0.4) is 0 Å². The zero-order valence-corrected chi connectivity index (χ0v) is 28.2. The standard InChI is InChI=1S/C37H41ClF3N3O6/c38-29-13-11-28(12-14-29)36(48)15-18-43(19-16-36)22-30-20-32(26-7-5-25(23-45)6-8-26)50-34(49-30)27-9-3-24(4-10-27)21-42-33(46)31-2-1-17-44(31)35(47)37(39,40)41/h3-14,30-32,34,45,48H,1-2,15-23H2,(H,42,46). The van der Waals surface area contributed by atoms with E-state index < -0.39 is 35.9 Å². The Morgan fingerprint density at radius 1 is 0.900 bits per heavy atom. The Labute approximate surface area is 293 Å². The number of alkyl halides is 3. The predicted octanol–water partition coefficient (Wildman–Crippen LogP) is 5.53. The number of aliphatic hydroxyl groups excluding tert-OH is 1. The number of benzene rings is 3. The Morgan fingerprint density at radius 3 is 2.18 bits per heavy atom. The summed E-state index contributed by atoms with van der Waals surface area (Å²) in [7, 11) is 0. The topological polar surface area (TPSA) is 112 Å². The molecule has 0 bridgehead atoms. The summed E-state index contributed by atoms with van der Waals surface area (Å²) in [5, 5.41) is 24.2. The first-order chi connectivity index (χ1) is 23.9. The van der Waals surface area contributed by atoms with Gasteiger partial charge in [0.05, 0.1) is 24.4 Å². The van der Waals surface area contributed by atoms with Gasteiger partial charge in [0, 0.05) is 49.7 Å². The van der Waals surface area contributed by atoms with Gasteiger partial charge in [0.25, 0.3) is 0 Å². The van der Waals surface area contributed by atoms with Crippen molar-refractivity contribution in [2.24, 2.45) is 0 Å². The molecule has 9 nitrogen and oxygen atoms in total. The van der Waals surface area contributed by atoms with Gasteiger partial charge in [-0.25, -0.2) is 0 Å². The molecule has 6 rings (SSSR count). The average molecular weight is 716 g/mol. The van der Waals surface area contributed by atoms with Crippen LogP contribution in [0.4, 0.5) is 13.2 Å². The van der Waals surface area contributed by atoms with Gasteiger partial charge in [0.1, 0.15) is 6.04 Å². The zero-order chi connectivity index (χ0) is 35.5. The number of carbonyl (C=O) groups excluding carboxylic acids is 2. The van der Waals surface area contributed by atoms with Crippen molar-refractivity contribution in [3.8, 4) is 0 Å². The van der Waals surface area contributed by atoms with Crippen LogP contribution in [0.2, 0.25) is 5.02 Å². The molecule has 0 radical (unpaired) electrons. The van der Waals surface area contributed by atoms with E-state index in [9.17, 15) is 33.0 Å². The van der Waals surface area contributed by atoms with Crippen LogP contribution in [-0.2, 0) is 37.8 Å². The summed E-state index contributed by atoms with van der Waals surface area (Å²) in [6.45, 7) is 1.92. The maximum atomic E-state index is 13.0. The maximum Gasteiger partial charge on any atom is 0.471 e. The van der Waals surface area contributed by atoms with Crippen LogP contribution in [0.5, 0.6) is 0 Å². The summed E-state index contributed by atoms with van der Waals surface area (Å²) in [5.41, 5.74) is 3.17. The largest absolute Gasteiger partial charge is 0.471 e. The first kappa shape index (κ1) is 36.3. The molecule has 3 heterocycles. The molecule has 3 saturated heterocycles. The van der Waals surface area contributed by atoms with E-state index in [2.05, 4.69) is 10.2 Å². The fourth-order valence-corrected chi connectivity index (χ4v) is 7.15. The van der Waals surface area contributed by atoms with Crippen LogP contribution < -0.4 is 5.32 Å². The number of nitrogens with one attached hydrogen (secondary N) is 1. The number of hydrogen-bond donors (Lipinski definition) is 3. The lowest BCUT2D eigenvalue weighted by Crippen LogP contribution is -2.50. The Morgan fingerprint density at radius 2 is 1.54 bits per heavy atom. The molecule has 3 aromatic rings. The van der Waals surface area contributed by atoms with Crippen LogP contribution in [-0.4, -0.2) is 76.3 Å². The van der Waals surface area contributed by atoms with Crippen molar-refractivity contribution in [3.05, 3.63) is 106 Å². The second kappa shape index (κ2) is 15.4. The van der Waals surface area contributed by atoms with Gasteiger partial charge in [0.2, 0.25) is 5.91 Å². The van der Waals surface area contributed by atoms with Gasteiger partial charge in [-0.2, -0.15) is 13.2 Å². The second-order valence-electron chi connectivity index (χ2n) is 13.3. The highest BCUT2D eigenvalue weighted by molar-refractivity contribution is 6.30. The summed E-state index contributed by atoms with van der Waals surface area (Å²) in [5.74, 6) is -2.61. The lowest BCUT2D eigenvalue weighted by atomic mass is 9.84. The fourth-order valence-electron chi connectivity index (χ4n) is 7.02. The van der Waals surface area contributed by atoms with E-state index in [1.54, 1.807) is 24.3 Å². The molecule has 0 aromatic heterocycles. The highest BCUT2D eigenvalue weighted by Crippen LogP contribution is 2.39. The number of carbonyl (C=O) groups is 2. The lowest BCUT2D eigenvalue weighted by Gasteiger charge is -2.42. The SMILES string of the molecule is O=C(NCc1ccc(C2OC(CN3CCC(O)(c4ccc(Cl)cc4)CC3)CC(c3ccc(CO)cc3)O2)cc1)C1CCCN1C(=O)C(F)(F)F. The van der Waals surface area contributed by atoms with Gasteiger partial charge in [-0.15, -0.1) is 0 Å². The number of piperidine rings is 1. The van der Waals surface area contributed by atoms with Crippen LogP contribution in [0.1, 0.15) is 72.3 Å². The number of amides is 2. The van der Waals surface area contributed by atoms with Crippen molar-refractivity contribution in [2.75, 3.05) is 26.2 Å². The lowest BCUT2D eigenvalue weighted by molar-refractivity contribution is -0.253. The normalized spacial score (nSPS) is 24.2. The second-order valence-corrected chi connectivity index (χ2v) is 13.7. The number of hydrogen-bond acceptors (Lipinski definition) is 7.